The van der Waals surface area contributed by atoms with Crippen LogP contribution < -0.4 is 5.32 Å². The fraction of sp³-hybridized carbons (Fsp3) is 0.500. The van der Waals surface area contributed by atoms with E-state index in [9.17, 15) is 0 Å². The minimum Gasteiger partial charge on any atom is -0.317 e. The van der Waals surface area contributed by atoms with E-state index in [1.807, 2.05) is 23.9 Å². The van der Waals surface area contributed by atoms with E-state index in [2.05, 4.69) is 17.4 Å². The van der Waals surface area contributed by atoms with Crippen molar-refractivity contribution in [3.63, 3.8) is 0 Å². The molecule has 1 aromatic carbocycles. The largest absolute Gasteiger partial charge is 0.317 e. The van der Waals surface area contributed by atoms with Crippen LogP contribution in [0.1, 0.15) is 12.8 Å². The van der Waals surface area contributed by atoms with Gasteiger partial charge in [-0.3, -0.25) is 0 Å². The maximum Gasteiger partial charge on any atom is 0.0406 e. The van der Waals surface area contributed by atoms with Crippen LogP contribution in [0.5, 0.6) is 0 Å². The van der Waals surface area contributed by atoms with Crippen molar-refractivity contribution >= 4 is 23.4 Å². The zero-order valence-corrected chi connectivity index (χ0v) is 10.3. The fourth-order valence-electron chi connectivity index (χ4n) is 1.79. The Labute approximate surface area is 101 Å². The van der Waals surface area contributed by atoms with Crippen LogP contribution in [0.4, 0.5) is 0 Å². The van der Waals surface area contributed by atoms with Crippen molar-refractivity contribution in [1.29, 1.82) is 0 Å². The lowest BCUT2D eigenvalue weighted by molar-refractivity contribution is 0.408. The van der Waals surface area contributed by atoms with E-state index in [4.69, 9.17) is 11.6 Å². The van der Waals surface area contributed by atoms with Crippen LogP contribution in [0.15, 0.2) is 29.2 Å². The summed E-state index contributed by atoms with van der Waals surface area (Å²) in [7, 11) is 0. The molecule has 1 aromatic rings. The van der Waals surface area contributed by atoms with E-state index < -0.39 is 0 Å². The van der Waals surface area contributed by atoms with Crippen LogP contribution in [-0.2, 0) is 0 Å². The number of thioether (sulfide) groups is 1. The minimum atomic E-state index is 0.821. The van der Waals surface area contributed by atoms with E-state index >= 15 is 0 Å². The van der Waals surface area contributed by atoms with Crippen LogP contribution in [0.3, 0.4) is 0 Å². The normalized spacial score (nSPS) is 17.9. The average molecular weight is 242 g/mol. The minimum absolute atomic E-state index is 0.821. The second kappa shape index (κ2) is 5.78. The molecular formula is C12H16ClNS. The lowest BCUT2D eigenvalue weighted by atomic mass is 10.0. The molecular weight excluding hydrogens is 226 g/mol. The van der Waals surface area contributed by atoms with Crippen molar-refractivity contribution in [2.24, 2.45) is 5.92 Å². The smallest absolute Gasteiger partial charge is 0.0406 e. The summed E-state index contributed by atoms with van der Waals surface area (Å²) >= 11 is 7.79. The summed E-state index contributed by atoms with van der Waals surface area (Å²) in [5.41, 5.74) is 0. The van der Waals surface area contributed by atoms with Gasteiger partial charge in [0.15, 0.2) is 0 Å². The van der Waals surface area contributed by atoms with Gasteiger partial charge in [0.1, 0.15) is 0 Å². The Morgan fingerprint density at radius 1 is 1.20 bits per heavy atom. The summed E-state index contributed by atoms with van der Waals surface area (Å²) < 4.78 is 0. The highest BCUT2D eigenvalue weighted by atomic mass is 35.5. The molecule has 82 valence electrons. The molecule has 1 saturated heterocycles. The molecule has 3 heteroatoms. The predicted octanol–water partition coefficient (Wildman–Crippen LogP) is 3.43. The highest BCUT2D eigenvalue weighted by Gasteiger charge is 2.12. The van der Waals surface area contributed by atoms with Gasteiger partial charge in [0.25, 0.3) is 0 Å². The van der Waals surface area contributed by atoms with E-state index in [1.165, 1.54) is 36.6 Å². The number of rotatable bonds is 3. The summed E-state index contributed by atoms with van der Waals surface area (Å²) in [6.45, 7) is 2.37. The lowest BCUT2D eigenvalue weighted by Gasteiger charge is -2.21. The second-order valence-corrected chi connectivity index (χ2v) is 5.49. The SMILES string of the molecule is Clc1ccc(SCC2CCNCC2)cc1. The first-order chi connectivity index (χ1) is 7.34. The molecule has 1 aliphatic heterocycles. The average Bonchev–Trinajstić information content (AvgIpc) is 2.30. The van der Waals surface area contributed by atoms with Crippen LogP contribution in [0, 0.1) is 5.92 Å². The number of hydrogen-bond acceptors (Lipinski definition) is 2. The van der Waals surface area contributed by atoms with Gasteiger partial charge < -0.3 is 5.32 Å². The molecule has 0 aromatic heterocycles. The summed E-state index contributed by atoms with van der Waals surface area (Å²) in [6.07, 6.45) is 2.64. The third-order valence-corrected chi connectivity index (χ3v) is 4.25. The van der Waals surface area contributed by atoms with Gasteiger partial charge in [0.05, 0.1) is 0 Å². The molecule has 0 saturated carbocycles. The zero-order valence-electron chi connectivity index (χ0n) is 8.71. The quantitative estimate of drug-likeness (QED) is 0.814. The Hall–Kier alpha value is -0.180. The van der Waals surface area contributed by atoms with Crippen molar-refractivity contribution in [3.05, 3.63) is 29.3 Å². The predicted molar refractivity (Wildman–Crippen MR) is 67.8 cm³/mol. The van der Waals surface area contributed by atoms with Gasteiger partial charge in [0.2, 0.25) is 0 Å². The summed E-state index contributed by atoms with van der Waals surface area (Å²) in [6, 6.07) is 8.14. The molecule has 0 spiro atoms. The van der Waals surface area contributed by atoms with E-state index in [0.29, 0.717) is 0 Å². The third-order valence-electron chi connectivity index (χ3n) is 2.76. The Bertz CT molecular complexity index is 293. The Balaban J connectivity index is 1.79. The Kier molecular flexibility index (Phi) is 4.36. The second-order valence-electron chi connectivity index (χ2n) is 3.96. The number of halogens is 1. The maximum atomic E-state index is 5.84. The van der Waals surface area contributed by atoms with Gasteiger partial charge in [-0.05, 0) is 56.1 Å². The molecule has 0 radical (unpaired) electrons. The molecule has 0 unspecified atom stereocenters. The Morgan fingerprint density at radius 2 is 1.87 bits per heavy atom. The fourth-order valence-corrected chi connectivity index (χ4v) is 3.01. The van der Waals surface area contributed by atoms with Crippen molar-refractivity contribution in [2.45, 2.75) is 17.7 Å². The van der Waals surface area contributed by atoms with E-state index in [0.717, 1.165) is 10.9 Å². The molecule has 1 heterocycles. The van der Waals surface area contributed by atoms with Crippen molar-refractivity contribution in [1.82, 2.24) is 5.32 Å². The van der Waals surface area contributed by atoms with Gasteiger partial charge in [-0.15, -0.1) is 11.8 Å². The van der Waals surface area contributed by atoms with Crippen LogP contribution >= 0.6 is 23.4 Å². The van der Waals surface area contributed by atoms with Crippen LogP contribution in [0.25, 0.3) is 0 Å². The standard InChI is InChI=1S/C12H16ClNS/c13-11-1-3-12(4-2-11)15-9-10-5-7-14-8-6-10/h1-4,10,14H,5-9H2. The first-order valence-corrected chi connectivity index (χ1v) is 6.80. The summed E-state index contributed by atoms with van der Waals surface area (Å²) in [4.78, 5) is 1.33. The number of benzene rings is 1. The molecule has 15 heavy (non-hydrogen) atoms. The molecule has 0 bridgehead atoms. The third kappa shape index (κ3) is 3.71. The van der Waals surface area contributed by atoms with Gasteiger partial charge >= 0.3 is 0 Å². The molecule has 0 aliphatic carbocycles. The van der Waals surface area contributed by atoms with E-state index in [-0.39, 0.29) is 0 Å². The Morgan fingerprint density at radius 3 is 2.53 bits per heavy atom. The van der Waals surface area contributed by atoms with Crippen molar-refractivity contribution in [2.75, 3.05) is 18.8 Å². The molecule has 0 amide bonds. The molecule has 1 fully saturated rings. The number of piperidine rings is 1. The first-order valence-electron chi connectivity index (χ1n) is 5.44. The van der Waals surface area contributed by atoms with Gasteiger partial charge in [-0.1, -0.05) is 11.6 Å². The first kappa shape index (κ1) is 11.3. The monoisotopic (exact) mass is 241 g/mol. The lowest BCUT2D eigenvalue weighted by Crippen LogP contribution is -2.28. The van der Waals surface area contributed by atoms with E-state index in [1.54, 1.807) is 0 Å². The molecule has 2 rings (SSSR count). The summed E-state index contributed by atoms with van der Waals surface area (Å²) in [5.74, 6) is 2.12. The number of nitrogens with one attached hydrogen (secondary N) is 1. The topological polar surface area (TPSA) is 12.0 Å². The number of hydrogen-bond donors (Lipinski definition) is 1. The van der Waals surface area contributed by atoms with Crippen molar-refractivity contribution < 1.29 is 0 Å². The van der Waals surface area contributed by atoms with Crippen molar-refractivity contribution in [3.8, 4) is 0 Å². The van der Waals surface area contributed by atoms with Gasteiger partial charge in [0, 0.05) is 15.7 Å². The molecule has 1 nitrogen and oxygen atoms in total. The molecule has 1 aliphatic rings. The van der Waals surface area contributed by atoms with Crippen LogP contribution in [-0.4, -0.2) is 18.8 Å². The highest BCUT2D eigenvalue weighted by molar-refractivity contribution is 7.99. The zero-order chi connectivity index (χ0) is 10.5. The molecule has 0 atom stereocenters. The van der Waals surface area contributed by atoms with Gasteiger partial charge in [-0.2, -0.15) is 0 Å². The van der Waals surface area contributed by atoms with Crippen LogP contribution in [0.2, 0.25) is 5.02 Å². The summed E-state index contributed by atoms with van der Waals surface area (Å²) in [5, 5.41) is 4.21. The molecule has 1 N–H and O–H groups in total. The van der Waals surface area contributed by atoms with Gasteiger partial charge in [-0.25, -0.2) is 0 Å². The maximum absolute atomic E-state index is 5.84. The highest BCUT2D eigenvalue weighted by Crippen LogP contribution is 2.25.